The van der Waals surface area contributed by atoms with Gasteiger partial charge in [-0.2, -0.15) is 0 Å². The highest BCUT2D eigenvalue weighted by atomic mass is 16.6. The van der Waals surface area contributed by atoms with E-state index >= 15 is 0 Å². The molecule has 22 heavy (non-hydrogen) atoms. The predicted molar refractivity (Wildman–Crippen MR) is 84.7 cm³/mol. The van der Waals surface area contributed by atoms with Gasteiger partial charge in [0.1, 0.15) is 0 Å². The predicted octanol–water partition coefficient (Wildman–Crippen LogP) is 3.53. The van der Waals surface area contributed by atoms with Crippen LogP contribution in [0.3, 0.4) is 0 Å². The summed E-state index contributed by atoms with van der Waals surface area (Å²) in [6.45, 7) is 2.36. The number of para-hydroxylation sites is 1. The first-order chi connectivity index (χ1) is 10.6. The minimum atomic E-state index is -0.401. The highest BCUT2D eigenvalue weighted by molar-refractivity contribution is 5.56. The van der Waals surface area contributed by atoms with E-state index in [2.05, 4.69) is 5.32 Å². The third kappa shape index (κ3) is 3.28. The zero-order chi connectivity index (χ0) is 16.1. The molecule has 0 radical (unpaired) electrons. The largest absolute Gasteiger partial charge is 0.493 e. The second-order valence-corrected chi connectivity index (χ2v) is 4.76. The quantitative estimate of drug-likeness (QED) is 0.652. The number of nitro benzene ring substituents is 1. The third-order valence-corrected chi connectivity index (χ3v) is 3.37. The number of rotatable bonds is 6. The second-order valence-electron chi connectivity index (χ2n) is 4.76. The van der Waals surface area contributed by atoms with E-state index in [0.29, 0.717) is 18.0 Å². The van der Waals surface area contributed by atoms with E-state index < -0.39 is 4.92 Å². The fourth-order valence-corrected chi connectivity index (χ4v) is 2.24. The molecule has 0 heterocycles. The summed E-state index contributed by atoms with van der Waals surface area (Å²) in [5.74, 6) is 1.35. The summed E-state index contributed by atoms with van der Waals surface area (Å²) >= 11 is 0. The van der Waals surface area contributed by atoms with Crippen molar-refractivity contribution in [3.63, 3.8) is 0 Å². The van der Waals surface area contributed by atoms with Crippen LogP contribution in [0.1, 0.15) is 11.1 Å². The third-order valence-electron chi connectivity index (χ3n) is 3.37. The zero-order valence-electron chi connectivity index (χ0n) is 12.8. The van der Waals surface area contributed by atoms with Crippen molar-refractivity contribution >= 4 is 11.4 Å². The van der Waals surface area contributed by atoms with Crippen LogP contribution in [0, 0.1) is 17.0 Å². The van der Waals surface area contributed by atoms with Crippen LogP contribution < -0.4 is 14.8 Å². The molecule has 0 aromatic heterocycles. The van der Waals surface area contributed by atoms with Crippen molar-refractivity contribution in [2.24, 2.45) is 0 Å². The van der Waals surface area contributed by atoms with Gasteiger partial charge in [0.2, 0.25) is 0 Å². The highest BCUT2D eigenvalue weighted by Crippen LogP contribution is 2.31. The normalized spacial score (nSPS) is 10.1. The molecule has 0 atom stereocenters. The van der Waals surface area contributed by atoms with E-state index in [4.69, 9.17) is 9.47 Å². The standard InChI is InChI=1S/C16H18N2O4/c1-11-9-13(18(19)20)7-8-14(11)17-10-12-5-4-6-15(21-2)16(12)22-3/h4-9,17H,10H2,1-3H3. The number of nitro groups is 1. The smallest absolute Gasteiger partial charge is 0.269 e. The molecular formula is C16H18N2O4. The van der Waals surface area contributed by atoms with E-state index in [0.717, 1.165) is 16.8 Å². The lowest BCUT2D eigenvalue weighted by Crippen LogP contribution is -2.04. The first kappa shape index (κ1) is 15.6. The highest BCUT2D eigenvalue weighted by Gasteiger charge is 2.11. The maximum absolute atomic E-state index is 10.8. The zero-order valence-corrected chi connectivity index (χ0v) is 12.8. The molecule has 0 saturated carbocycles. The van der Waals surface area contributed by atoms with Crippen LogP contribution in [0.15, 0.2) is 36.4 Å². The molecule has 0 unspecified atom stereocenters. The summed E-state index contributed by atoms with van der Waals surface area (Å²) in [4.78, 5) is 10.4. The number of non-ortho nitro benzene ring substituents is 1. The van der Waals surface area contributed by atoms with Gasteiger partial charge in [-0.3, -0.25) is 10.1 Å². The molecule has 6 nitrogen and oxygen atoms in total. The van der Waals surface area contributed by atoms with E-state index in [1.54, 1.807) is 26.4 Å². The van der Waals surface area contributed by atoms with E-state index in [-0.39, 0.29) is 5.69 Å². The maximum Gasteiger partial charge on any atom is 0.269 e. The van der Waals surface area contributed by atoms with Gasteiger partial charge in [-0.1, -0.05) is 12.1 Å². The van der Waals surface area contributed by atoms with Crippen LogP contribution >= 0.6 is 0 Å². The number of anilines is 1. The van der Waals surface area contributed by atoms with Crippen LogP contribution in [0.4, 0.5) is 11.4 Å². The van der Waals surface area contributed by atoms with Gasteiger partial charge < -0.3 is 14.8 Å². The van der Waals surface area contributed by atoms with Gasteiger partial charge in [-0.25, -0.2) is 0 Å². The Labute approximate surface area is 128 Å². The Bertz CT molecular complexity index is 686. The van der Waals surface area contributed by atoms with Gasteiger partial charge in [0.05, 0.1) is 19.1 Å². The topological polar surface area (TPSA) is 73.6 Å². The van der Waals surface area contributed by atoms with Gasteiger partial charge >= 0.3 is 0 Å². The van der Waals surface area contributed by atoms with Gasteiger partial charge in [-0.15, -0.1) is 0 Å². The minimum Gasteiger partial charge on any atom is -0.493 e. The van der Waals surface area contributed by atoms with Crippen LogP contribution in [0.5, 0.6) is 11.5 Å². The van der Waals surface area contributed by atoms with E-state index in [9.17, 15) is 10.1 Å². The molecule has 2 rings (SSSR count). The van der Waals surface area contributed by atoms with Crippen LogP contribution in [-0.2, 0) is 6.54 Å². The van der Waals surface area contributed by atoms with Crippen LogP contribution in [0.2, 0.25) is 0 Å². The maximum atomic E-state index is 10.8. The Morgan fingerprint density at radius 1 is 1.18 bits per heavy atom. The number of hydrogen-bond donors (Lipinski definition) is 1. The van der Waals surface area contributed by atoms with Crippen molar-refractivity contribution in [2.45, 2.75) is 13.5 Å². The first-order valence-corrected chi connectivity index (χ1v) is 6.75. The number of aryl methyl sites for hydroxylation is 1. The molecule has 0 spiro atoms. The average Bonchev–Trinajstić information content (AvgIpc) is 2.52. The first-order valence-electron chi connectivity index (χ1n) is 6.75. The molecular weight excluding hydrogens is 284 g/mol. The Kier molecular flexibility index (Phi) is 4.83. The van der Waals surface area contributed by atoms with Gasteiger partial charge in [0.15, 0.2) is 11.5 Å². The van der Waals surface area contributed by atoms with Crippen molar-refractivity contribution in [1.29, 1.82) is 0 Å². The Morgan fingerprint density at radius 3 is 2.55 bits per heavy atom. The van der Waals surface area contributed by atoms with Gasteiger partial charge in [0.25, 0.3) is 5.69 Å². The molecule has 0 fully saturated rings. The number of methoxy groups -OCH3 is 2. The molecule has 0 aliphatic heterocycles. The number of hydrogen-bond acceptors (Lipinski definition) is 5. The minimum absolute atomic E-state index is 0.0852. The molecule has 6 heteroatoms. The number of benzene rings is 2. The van der Waals surface area contributed by atoms with Crippen molar-refractivity contribution in [3.8, 4) is 11.5 Å². The van der Waals surface area contributed by atoms with Crippen molar-refractivity contribution in [3.05, 3.63) is 57.6 Å². The van der Waals surface area contributed by atoms with Crippen LogP contribution in [0.25, 0.3) is 0 Å². The molecule has 2 aromatic carbocycles. The molecule has 0 aliphatic carbocycles. The molecule has 0 aliphatic rings. The van der Waals surface area contributed by atoms with Crippen molar-refractivity contribution < 1.29 is 14.4 Å². The fourth-order valence-electron chi connectivity index (χ4n) is 2.24. The summed E-state index contributed by atoms with van der Waals surface area (Å²) in [5.41, 5.74) is 2.69. The Morgan fingerprint density at radius 2 is 1.95 bits per heavy atom. The fraction of sp³-hybridized carbons (Fsp3) is 0.250. The summed E-state index contributed by atoms with van der Waals surface area (Å²) < 4.78 is 10.6. The number of nitrogens with zero attached hydrogens (tertiary/aromatic N) is 1. The van der Waals surface area contributed by atoms with Gasteiger partial charge in [0, 0.05) is 29.9 Å². The van der Waals surface area contributed by atoms with Gasteiger partial charge in [-0.05, 0) is 24.6 Å². The molecule has 2 aromatic rings. The molecule has 0 amide bonds. The van der Waals surface area contributed by atoms with E-state index in [1.807, 2.05) is 25.1 Å². The Hall–Kier alpha value is -2.76. The number of nitrogens with one attached hydrogen (secondary N) is 1. The Balaban J connectivity index is 2.18. The van der Waals surface area contributed by atoms with E-state index in [1.165, 1.54) is 6.07 Å². The summed E-state index contributed by atoms with van der Waals surface area (Å²) in [7, 11) is 3.19. The molecule has 0 saturated heterocycles. The lowest BCUT2D eigenvalue weighted by molar-refractivity contribution is -0.384. The SMILES string of the molecule is COc1cccc(CNc2ccc([N+](=O)[O-])cc2C)c1OC. The monoisotopic (exact) mass is 302 g/mol. The number of ether oxygens (including phenoxy) is 2. The van der Waals surface area contributed by atoms with Crippen LogP contribution in [-0.4, -0.2) is 19.1 Å². The lowest BCUT2D eigenvalue weighted by atomic mass is 10.1. The van der Waals surface area contributed by atoms with Crippen molar-refractivity contribution in [2.75, 3.05) is 19.5 Å². The summed E-state index contributed by atoms with van der Waals surface area (Å²) in [6, 6.07) is 10.4. The molecule has 0 bridgehead atoms. The molecule has 1 N–H and O–H groups in total. The lowest BCUT2D eigenvalue weighted by Gasteiger charge is -2.14. The summed E-state index contributed by atoms with van der Waals surface area (Å²) in [6.07, 6.45) is 0. The van der Waals surface area contributed by atoms with Crippen molar-refractivity contribution in [1.82, 2.24) is 0 Å². The second kappa shape index (κ2) is 6.80. The molecule has 116 valence electrons. The summed E-state index contributed by atoms with van der Waals surface area (Å²) in [5, 5.41) is 14.0. The average molecular weight is 302 g/mol.